The lowest BCUT2D eigenvalue weighted by atomic mass is 10.2. The molecule has 0 aliphatic carbocycles. The molecule has 4 rings (SSSR count). The molecule has 0 N–H and O–H groups in total. The van der Waals surface area contributed by atoms with Crippen molar-refractivity contribution in [1.82, 2.24) is 4.98 Å². The van der Waals surface area contributed by atoms with Crippen LogP contribution in [0.25, 0.3) is 10.2 Å². The molecule has 0 bridgehead atoms. The number of furan rings is 2. The molecule has 3 heterocycles. The zero-order chi connectivity index (χ0) is 19.7. The number of hydrazone groups is 1. The first-order chi connectivity index (χ1) is 13.5. The summed E-state index contributed by atoms with van der Waals surface area (Å²) in [5.41, 5.74) is 1.80. The van der Waals surface area contributed by atoms with Gasteiger partial charge in [-0.05, 0) is 42.8 Å². The maximum absolute atomic E-state index is 12.8. The number of carbonyl (C=O) groups is 1. The zero-order valence-corrected chi connectivity index (χ0v) is 15.3. The van der Waals surface area contributed by atoms with E-state index in [1.165, 1.54) is 42.0 Å². The number of anilines is 1. The van der Waals surface area contributed by atoms with Crippen molar-refractivity contribution in [2.75, 3.05) is 5.01 Å². The molecule has 4 aromatic rings. The van der Waals surface area contributed by atoms with Crippen LogP contribution in [0.2, 0.25) is 0 Å². The van der Waals surface area contributed by atoms with E-state index in [-0.39, 0.29) is 11.5 Å². The highest BCUT2D eigenvalue weighted by Gasteiger charge is 2.23. The number of hydrogen-bond donors (Lipinski definition) is 0. The second-order valence-electron chi connectivity index (χ2n) is 5.74. The third-order valence-corrected chi connectivity index (χ3v) is 4.72. The predicted octanol–water partition coefficient (Wildman–Crippen LogP) is 4.38. The Morgan fingerprint density at radius 3 is 2.89 bits per heavy atom. The van der Waals surface area contributed by atoms with E-state index in [0.717, 1.165) is 20.8 Å². The van der Waals surface area contributed by atoms with E-state index >= 15 is 0 Å². The van der Waals surface area contributed by atoms with Crippen molar-refractivity contribution in [3.8, 4) is 0 Å². The molecule has 0 saturated carbocycles. The number of fused-ring (bicyclic) bond motifs is 1. The van der Waals surface area contributed by atoms with Crippen molar-refractivity contribution in [3.05, 3.63) is 75.9 Å². The van der Waals surface area contributed by atoms with E-state index in [2.05, 4.69) is 10.1 Å². The molecular formula is C18H12N4O5S. The van der Waals surface area contributed by atoms with Crippen LogP contribution in [-0.4, -0.2) is 22.0 Å². The molecule has 0 aliphatic rings. The third-order valence-electron chi connectivity index (χ3n) is 3.73. The van der Waals surface area contributed by atoms with Crippen molar-refractivity contribution in [2.24, 2.45) is 5.10 Å². The normalized spacial score (nSPS) is 11.3. The molecule has 28 heavy (non-hydrogen) atoms. The lowest BCUT2D eigenvalue weighted by Crippen LogP contribution is -2.25. The number of thiazole rings is 1. The van der Waals surface area contributed by atoms with Crippen molar-refractivity contribution in [3.63, 3.8) is 0 Å². The van der Waals surface area contributed by atoms with E-state index in [1.54, 1.807) is 6.07 Å². The fourth-order valence-electron chi connectivity index (χ4n) is 2.43. The monoisotopic (exact) mass is 396 g/mol. The van der Waals surface area contributed by atoms with E-state index in [4.69, 9.17) is 8.83 Å². The van der Waals surface area contributed by atoms with Crippen molar-refractivity contribution in [1.29, 1.82) is 0 Å². The summed E-state index contributed by atoms with van der Waals surface area (Å²) in [5, 5.41) is 16.3. The number of carbonyl (C=O) groups excluding carboxylic acids is 1. The van der Waals surface area contributed by atoms with E-state index in [1.807, 2.05) is 25.1 Å². The van der Waals surface area contributed by atoms with Crippen molar-refractivity contribution in [2.45, 2.75) is 6.92 Å². The van der Waals surface area contributed by atoms with Gasteiger partial charge in [-0.25, -0.2) is 4.98 Å². The lowest BCUT2D eigenvalue weighted by molar-refractivity contribution is -0.402. The van der Waals surface area contributed by atoms with Gasteiger partial charge in [0, 0.05) is 0 Å². The first-order valence-corrected chi connectivity index (χ1v) is 8.86. The van der Waals surface area contributed by atoms with Gasteiger partial charge in [0.25, 0.3) is 0 Å². The molecule has 0 saturated heterocycles. The fourth-order valence-corrected chi connectivity index (χ4v) is 3.45. The second-order valence-corrected chi connectivity index (χ2v) is 6.75. The molecule has 0 spiro atoms. The summed E-state index contributed by atoms with van der Waals surface area (Å²) in [6, 6.07) is 11.5. The number of rotatable bonds is 5. The van der Waals surface area contributed by atoms with Gasteiger partial charge in [0.05, 0.1) is 28.8 Å². The van der Waals surface area contributed by atoms with Crippen molar-refractivity contribution < 1.29 is 18.6 Å². The molecule has 10 heteroatoms. The Morgan fingerprint density at radius 1 is 1.32 bits per heavy atom. The van der Waals surface area contributed by atoms with Crippen LogP contribution < -0.4 is 5.01 Å². The van der Waals surface area contributed by atoms with Crippen LogP contribution in [0.3, 0.4) is 0 Å². The Morgan fingerprint density at radius 2 is 2.18 bits per heavy atom. The van der Waals surface area contributed by atoms with Gasteiger partial charge in [-0.15, -0.1) is 0 Å². The van der Waals surface area contributed by atoms with E-state index < -0.39 is 16.7 Å². The molecule has 0 atom stereocenters. The Bertz CT molecular complexity index is 1190. The fraction of sp³-hybridized carbons (Fsp3) is 0.0556. The maximum atomic E-state index is 12.8. The summed E-state index contributed by atoms with van der Waals surface area (Å²) < 4.78 is 11.1. The van der Waals surface area contributed by atoms with E-state index in [9.17, 15) is 14.9 Å². The van der Waals surface area contributed by atoms with Gasteiger partial charge >= 0.3 is 11.8 Å². The van der Waals surface area contributed by atoms with Crippen molar-refractivity contribution >= 4 is 44.7 Å². The summed E-state index contributed by atoms with van der Waals surface area (Å²) in [4.78, 5) is 27.4. The number of amides is 1. The van der Waals surface area contributed by atoms with Gasteiger partial charge in [-0.3, -0.25) is 14.9 Å². The molecule has 9 nitrogen and oxygen atoms in total. The number of nitro groups is 1. The lowest BCUT2D eigenvalue weighted by Gasteiger charge is -2.11. The van der Waals surface area contributed by atoms with Gasteiger partial charge in [0.15, 0.2) is 11.5 Å². The van der Waals surface area contributed by atoms with Crippen LogP contribution >= 0.6 is 11.3 Å². The van der Waals surface area contributed by atoms with Gasteiger partial charge in [0.2, 0.25) is 5.13 Å². The average Bonchev–Trinajstić information content (AvgIpc) is 3.41. The Hall–Kier alpha value is -3.79. The quantitative estimate of drug-likeness (QED) is 0.281. The van der Waals surface area contributed by atoms with E-state index in [0.29, 0.717) is 5.13 Å². The molecule has 1 amide bonds. The highest BCUT2D eigenvalue weighted by Crippen LogP contribution is 2.30. The molecular weight excluding hydrogens is 384 g/mol. The highest BCUT2D eigenvalue weighted by molar-refractivity contribution is 7.22. The standard InChI is InChI=1S/C18H12N4O5S/c1-11-4-6-13-15(9-11)28-18(20-13)21(17(23)14-3-2-8-26-14)19-10-12-5-7-16(27-12)22(24)25/h2-10H,1H3/b19-10-. The number of nitrogens with zero attached hydrogens (tertiary/aromatic N) is 4. The molecule has 140 valence electrons. The summed E-state index contributed by atoms with van der Waals surface area (Å²) >= 11 is 1.29. The van der Waals surface area contributed by atoms with Crippen LogP contribution in [0.1, 0.15) is 21.9 Å². The summed E-state index contributed by atoms with van der Waals surface area (Å²) in [6.07, 6.45) is 2.60. The molecule has 0 radical (unpaired) electrons. The molecule has 0 fully saturated rings. The number of benzene rings is 1. The Kier molecular flexibility index (Phi) is 4.45. The molecule has 1 aromatic carbocycles. The average molecular weight is 396 g/mol. The van der Waals surface area contributed by atoms with Gasteiger partial charge in [-0.2, -0.15) is 10.1 Å². The van der Waals surface area contributed by atoms with Gasteiger partial charge < -0.3 is 8.83 Å². The first-order valence-electron chi connectivity index (χ1n) is 8.04. The SMILES string of the molecule is Cc1ccc2nc(N(/N=C\c3ccc([N+](=O)[O-])o3)C(=O)c3ccco3)sc2c1. The zero-order valence-electron chi connectivity index (χ0n) is 14.4. The third kappa shape index (κ3) is 3.40. The van der Waals surface area contributed by atoms with Gasteiger partial charge in [-0.1, -0.05) is 17.4 Å². The minimum Gasteiger partial charge on any atom is -0.459 e. The Labute approximate surface area is 161 Å². The largest absolute Gasteiger partial charge is 0.459 e. The van der Waals surface area contributed by atoms with Gasteiger partial charge in [0.1, 0.15) is 4.92 Å². The van der Waals surface area contributed by atoms with Crippen LogP contribution in [0.4, 0.5) is 11.0 Å². The summed E-state index contributed by atoms with van der Waals surface area (Å²) in [5.74, 6) is -0.738. The summed E-state index contributed by atoms with van der Waals surface area (Å²) in [7, 11) is 0. The Balaban J connectivity index is 1.73. The maximum Gasteiger partial charge on any atom is 0.433 e. The minimum atomic E-state index is -0.654. The smallest absolute Gasteiger partial charge is 0.433 e. The number of aryl methyl sites for hydroxylation is 1. The van der Waals surface area contributed by atoms with Crippen LogP contribution in [0, 0.1) is 17.0 Å². The molecule has 0 unspecified atom stereocenters. The predicted molar refractivity (Wildman–Crippen MR) is 103 cm³/mol. The number of hydrogen-bond acceptors (Lipinski definition) is 8. The first kappa shape index (κ1) is 17.6. The number of aromatic nitrogens is 1. The van der Waals surface area contributed by atoms with Crippen LogP contribution in [0.5, 0.6) is 0 Å². The molecule has 0 aliphatic heterocycles. The van der Waals surface area contributed by atoms with Crippen LogP contribution in [-0.2, 0) is 0 Å². The summed E-state index contributed by atoms with van der Waals surface area (Å²) in [6.45, 7) is 1.96. The van der Waals surface area contributed by atoms with Crippen LogP contribution in [0.15, 0.2) is 62.7 Å². The molecule has 3 aromatic heterocycles. The second kappa shape index (κ2) is 7.08. The minimum absolute atomic E-state index is 0.0815. The highest BCUT2D eigenvalue weighted by atomic mass is 32.1. The topological polar surface area (TPSA) is 115 Å².